The molecule has 1 amide bonds. The van der Waals surface area contributed by atoms with Crippen LogP contribution in [0.5, 0.6) is 0 Å². The minimum atomic E-state index is -1.16. The van der Waals surface area contributed by atoms with Crippen LogP contribution in [-0.4, -0.2) is 52.0 Å². The largest absolute Gasteiger partial charge is 0.460 e. The molecule has 1 heterocycles. The number of aryl methyl sites for hydroxylation is 1. The number of nitrogens with zero attached hydrogens (tertiary/aromatic N) is 1. The molecule has 0 unspecified atom stereocenters. The van der Waals surface area contributed by atoms with Gasteiger partial charge < -0.3 is 24.6 Å². The second kappa shape index (κ2) is 14.0. The van der Waals surface area contributed by atoms with E-state index in [1.54, 1.807) is 67.7 Å². The molecule has 0 saturated carbocycles. The smallest absolute Gasteiger partial charge is 0.408 e. The van der Waals surface area contributed by atoms with Gasteiger partial charge in [0.15, 0.2) is 0 Å². The van der Waals surface area contributed by atoms with Crippen LogP contribution >= 0.6 is 0 Å². The molecule has 0 aromatic carbocycles. The van der Waals surface area contributed by atoms with E-state index < -0.39 is 41.2 Å². The number of aliphatic hydroxyl groups excluding tert-OH is 1. The van der Waals surface area contributed by atoms with Crippen molar-refractivity contribution in [1.29, 1.82) is 0 Å². The van der Waals surface area contributed by atoms with Gasteiger partial charge in [-0.05, 0) is 92.4 Å². The standard InChI is InChI=1S/C27H42N2O7/c1-9-18(2)34-24(32)22(29-25(33)36-27(6,7)8)16-20(23(31)35-26(3,4)5)15-21-13-12-19(17-28-21)11-10-14-30/h9,12-13,17,20,22,30H,10-11,14-16H2,1-8H3,(H,29,33)/b18-9+/t20-,22-/m0/s1. The SMILES string of the molecule is C/C=C(\C)OC(=O)[C@H](C[C@H](Cc1ccc(CCCO)cn1)C(=O)OC(C)(C)C)NC(=O)OC(C)(C)C. The van der Waals surface area contributed by atoms with Crippen molar-refractivity contribution in [2.75, 3.05) is 6.61 Å². The van der Waals surface area contributed by atoms with Crippen LogP contribution in [0.15, 0.2) is 30.2 Å². The van der Waals surface area contributed by atoms with E-state index >= 15 is 0 Å². The van der Waals surface area contributed by atoms with E-state index in [0.717, 1.165) is 5.56 Å². The number of carbonyl (C=O) groups is 3. The lowest BCUT2D eigenvalue weighted by molar-refractivity contribution is -0.160. The monoisotopic (exact) mass is 506 g/mol. The Morgan fingerprint density at radius 1 is 1.06 bits per heavy atom. The number of carbonyl (C=O) groups excluding carboxylic acids is 3. The minimum absolute atomic E-state index is 0.0715. The van der Waals surface area contributed by atoms with Crippen LogP contribution in [0.2, 0.25) is 0 Å². The molecule has 0 aliphatic carbocycles. The van der Waals surface area contributed by atoms with Gasteiger partial charge in [0, 0.05) is 24.9 Å². The molecule has 1 rings (SSSR count). The molecule has 0 radical (unpaired) electrons. The third-order valence-corrected chi connectivity index (χ3v) is 4.87. The fourth-order valence-electron chi connectivity index (χ4n) is 3.14. The summed E-state index contributed by atoms with van der Waals surface area (Å²) in [6.45, 7) is 13.9. The Labute approximate surface area is 214 Å². The molecule has 2 N–H and O–H groups in total. The maximum atomic E-state index is 13.1. The summed E-state index contributed by atoms with van der Waals surface area (Å²) in [4.78, 5) is 43.0. The summed E-state index contributed by atoms with van der Waals surface area (Å²) in [5.41, 5.74) is 0.0843. The molecule has 1 aromatic rings. The maximum Gasteiger partial charge on any atom is 0.408 e. The van der Waals surface area contributed by atoms with Gasteiger partial charge in [0.1, 0.15) is 23.0 Å². The molecule has 0 saturated heterocycles. The number of ether oxygens (including phenoxy) is 3. The average molecular weight is 507 g/mol. The Morgan fingerprint density at radius 2 is 1.69 bits per heavy atom. The molecular weight excluding hydrogens is 464 g/mol. The van der Waals surface area contributed by atoms with Crippen LogP contribution in [0.3, 0.4) is 0 Å². The molecular formula is C27H42N2O7. The molecule has 0 aliphatic rings. The lowest BCUT2D eigenvalue weighted by Gasteiger charge is -2.27. The molecule has 36 heavy (non-hydrogen) atoms. The first-order valence-corrected chi connectivity index (χ1v) is 12.2. The summed E-state index contributed by atoms with van der Waals surface area (Å²) in [5.74, 6) is -1.65. The minimum Gasteiger partial charge on any atom is -0.460 e. The number of allylic oxidation sites excluding steroid dienone is 2. The fraction of sp³-hybridized carbons (Fsp3) is 0.630. The highest BCUT2D eigenvalue weighted by molar-refractivity contribution is 5.83. The number of pyridine rings is 1. The van der Waals surface area contributed by atoms with Gasteiger partial charge in [0.2, 0.25) is 0 Å². The van der Waals surface area contributed by atoms with Crippen molar-refractivity contribution in [3.8, 4) is 0 Å². The van der Waals surface area contributed by atoms with Gasteiger partial charge in [-0.2, -0.15) is 0 Å². The molecule has 0 spiro atoms. The number of hydrogen-bond acceptors (Lipinski definition) is 8. The van der Waals surface area contributed by atoms with Crippen molar-refractivity contribution in [3.05, 3.63) is 41.4 Å². The summed E-state index contributed by atoms with van der Waals surface area (Å²) in [7, 11) is 0. The number of rotatable bonds is 11. The van der Waals surface area contributed by atoms with Crippen LogP contribution < -0.4 is 5.32 Å². The summed E-state index contributed by atoms with van der Waals surface area (Å²) in [6.07, 6.45) is 3.98. The summed E-state index contributed by atoms with van der Waals surface area (Å²) in [5, 5.41) is 11.6. The number of aromatic nitrogens is 1. The molecule has 0 fully saturated rings. The highest BCUT2D eigenvalue weighted by atomic mass is 16.6. The van der Waals surface area contributed by atoms with E-state index in [4.69, 9.17) is 19.3 Å². The molecule has 2 atom stereocenters. The highest BCUT2D eigenvalue weighted by Crippen LogP contribution is 2.21. The first-order chi connectivity index (χ1) is 16.6. The Balaban J connectivity index is 3.21. The molecule has 9 nitrogen and oxygen atoms in total. The van der Waals surface area contributed by atoms with Gasteiger partial charge in [-0.1, -0.05) is 6.07 Å². The van der Waals surface area contributed by atoms with Gasteiger partial charge in [-0.3, -0.25) is 9.78 Å². The van der Waals surface area contributed by atoms with Crippen molar-refractivity contribution >= 4 is 18.0 Å². The number of esters is 2. The highest BCUT2D eigenvalue weighted by Gasteiger charge is 2.34. The predicted molar refractivity (Wildman–Crippen MR) is 136 cm³/mol. The maximum absolute atomic E-state index is 13.1. The van der Waals surface area contributed by atoms with E-state index in [9.17, 15) is 14.4 Å². The van der Waals surface area contributed by atoms with E-state index in [0.29, 0.717) is 24.3 Å². The quantitative estimate of drug-likeness (QED) is 0.259. The van der Waals surface area contributed by atoms with Crippen LogP contribution in [0.1, 0.15) is 79.5 Å². The summed E-state index contributed by atoms with van der Waals surface area (Å²) < 4.78 is 16.3. The molecule has 0 aliphatic heterocycles. The zero-order valence-corrected chi connectivity index (χ0v) is 22.8. The zero-order valence-electron chi connectivity index (χ0n) is 22.8. The van der Waals surface area contributed by atoms with Crippen molar-refractivity contribution in [2.45, 2.75) is 98.3 Å². The first kappa shape index (κ1) is 31.1. The normalized spacial score (nSPS) is 14.0. The average Bonchev–Trinajstić information content (AvgIpc) is 2.74. The predicted octanol–water partition coefficient (Wildman–Crippen LogP) is 4.26. The number of nitrogens with one attached hydrogen (secondary N) is 1. The van der Waals surface area contributed by atoms with Gasteiger partial charge in [-0.25, -0.2) is 9.59 Å². The van der Waals surface area contributed by atoms with Crippen molar-refractivity contribution < 1.29 is 33.7 Å². The zero-order chi connectivity index (χ0) is 27.5. The fourth-order valence-corrected chi connectivity index (χ4v) is 3.14. The third kappa shape index (κ3) is 12.7. The van der Waals surface area contributed by atoms with Gasteiger partial charge in [0.25, 0.3) is 0 Å². The molecule has 0 bridgehead atoms. The number of aliphatic hydroxyl groups is 1. The Hall–Kier alpha value is -2.94. The lowest BCUT2D eigenvalue weighted by atomic mass is 9.94. The summed E-state index contributed by atoms with van der Waals surface area (Å²) >= 11 is 0. The Bertz CT molecular complexity index is 896. The van der Waals surface area contributed by atoms with Crippen molar-refractivity contribution in [2.24, 2.45) is 5.92 Å². The van der Waals surface area contributed by atoms with Gasteiger partial charge >= 0.3 is 18.0 Å². The second-order valence-electron chi connectivity index (χ2n) is 10.7. The topological polar surface area (TPSA) is 124 Å². The summed E-state index contributed by atoms with van der Waals surface area (Å²) in [6, 6.07) is 2.54. The van der Waals surface area contributed by atoms with E-state index in [2.05, 4.69) is 10.3 Å². The van der Waals surface area contributed by atoms with E-state index in [1.807, 2.05) is 12.1 Å². The van der Waals surface area contributed by atoms with Crippen molar-refractivity contribution in [1.82, 2.24) is 10.3 Å². The van der Waals surface area contributed by atoms with Crippen molar-refractivity contribution in [3.63, 3.8) is 0 Å². The second-order valence-corrected chi connectivity index (χ2v) is 10.7. The number of alkyl carbamates (subject to hydrolysis) is 1. The first-order valence-electron chi connectivity index (χ1n) is 12.2. The lowest BCUT2D eigenvalue weighted by Crippen LogP contribution is -2.46. The third-order valence-electron chi connectivity index (χ3n) is 4.87. The van der Waals surface area contributed by atoms with Gasteiger partial charge in [0.05, 0.1) is 5.92 Å². The van der Waals surface area contributed by atoms with Crippen LogP contribution in [-0.2, 0) is 36.6 Å². The van der Waals surface area contributed by atoms with E-state index in [-0.39, 0.29) is 19.4 Å². The molecule has 9 heteroatoms. The Morgan fingerprint density at radius 3 is 2.19 bits per heavy atom. The van der Waals surface area contributed by atoms with E-state index in [1.165, 1.54) is 0 Å². The number of hydrogen-bond donors (Lipinski definition) is 2. The van der Waals surface area contributed by atoms with Gasteiger partial charge in [-0.15, -0.1) is 0 Å². The number of amides is 1. The molecule has 202 valence electrons. The van der Waals surface area contributed by atoms with Crippen LogP contribution in [0, 0.1) is 5.92 Å². The molecule has 1 aromatic heterocycles. The van der Waals surface area contributed by atoms with Crippen LogP contribution in [0.25, 0.3) is 0 Å². The van der Waals surface area contributed by atoms with Crippen LogP contribution in [0.4, 0.5) is 4.79 Å². The Kier molecular flexibility index (Phi) is 12.1.